The molecule has 2 unspecified atom stereocenters. The fourth-order valence-electron chi connectivity index (χ4n) is 10.00. The van der Waals surface area contributed by atoms with Gasteiger partial charge in [-0.1, -0.05) is 75.6 Å². The van der Waals surface area contributed by atoms with E-state index in [0.717, 1.165) is 122 Å². The Bertz CT molecular complexity index is 2040. The van der Waals surface area contributed by atoms with E-state index in [4.69, 9.17) is 11.6 Å². The van der Waals surface area contributed by atoms with Crippen LogP contribution in [-0.4, -0.2) is 16.4 Å². The SMILES string of the molecule is C=C(CCCc1ccccc1)NCCCC1(C(=C)NC2CCc3c(C)c(F)cc4nc5c(c2c34)CN2C(=C)C3=C(C=C52)C(CC)C(=C)CC3)CCC1. The second-order valence-electron chi connectivity index (χ2n) is 16.1. The number of nitrogens with one attached hydrogen (secondary N) is 2. The van der Waals surface area contributed by atoms with Gasteiger partial charge in [0.25, 0.3) is 0 Å². The Morgan fingerprint density at radius 1 is 1.06 bits per heavy atom. The molecule has 4 nitrogen and oxygen atoms in total. The third kappa shape index (κ3) is 5.94. The number of hydrogen-bond donors (Lipinski definition) is 2. The highest BCUT2D eigenvalue weighted by molar-refractivity contribution is 5.93. The summed E-state index contributed by atoms with van der Waals surface area (Å²) in [6, 6.07) is 12.5. The Balaban J connectivity index is 1.02. The monoisotopic (exact) mass is 694 g/mol. The first kappa shape index (κ1) is 34.7. The molecule has 0 bridgehead atoms. The van der Waals surface area contributed by atoms with Crippen molar-refractivity contribution < 1.29 is 4.39 Å². The van der Waals surface area contributed by atoms with Crippen molar-refractivity contribution in [3.05, 3.63) is 142 Å². The normalized spacial score (nSPS) is 21.3. The Kier molecular flexibility index (Phi) is 9.26. The molecule has 3 aromatic rings. The van der Waals surface area contributed by atoms with Crippen molar-refractivity contribution in [2.75, 3.05) is 6.54 Å². The maximum atomic E-state index is 15.5. The smallest absolute Gasteiger partial charge is 0.128 e. The second kappa shape index (κ2) is 13.9. The number of hydrogen-bond acceptors (Lipinski definition) is 4. The van der Waals surface area contributed by atoms with Gasteiger partial charge in [0, 0.05) is 52.0 Å². The molecule has 2 aromatic carbocycles. The summed E-state index contributed by atoms with van der Waals surface area (Å²) in [6.07, 6.45) is 16.1. The zero-order chi connectivity index (χ0) is 36.1. The average Bonchev–Trinajstić information content (AvgIpc) is 3.49. The van der Waals surface area contributed by atoms with Crippen LogP contribution in [0.2, 0.25) is 0 Å². The third-order valence-corrected chi connectivity index (χ3v) is 13.2. The fraction of sp³-hybridized carbons (Fsp3) is 0.426. The Morgan fingerprint density at radius 2 is 1.87 bits per heavy atom. The first-order chi connectivity index (χ1) is 25.2. The molecule has 2 N–H and O–H groups in total. The molecule has 0 radical (unpaired) electrons. The average molecular weight is 695 g/mol. The predicted octanol–water partition coefficient (Wildman–Crippen LogP) is 11.2. The van der Waals surface area contributed by atoms with Crippen molar-refractivity contribution in [1.82, 2.24) is 20.5 Å². The Morgan fingerprint density at radius 3 is 2.62 bits per heavy atom. The lowest BCUT2D eigenvalue weighted by Gasteiger charge is -2.46. The Hall–Kier alpha value is -4.38. The van der Waals surface area contributed by atoms with Crippen LogP contribution < -0.4 is 10.6 Å². The van der Waals surface area contributed by atoms with E-state index in [0.29, 0.717) is 5.92 Å². The maximum absolute atomic E-state index is 15.5. The summed E-state index contributed by atoms with van der Waals surface area (Å²) in [6.45, 7) is 24.1. The van der Waals surface area contributed by atoms with Gasteiger partial charge in [0.1, 0.15) is 5.82 Å². The minimum absolute atomic E-state index is 0.102. The van der Waals surface area contributed by atoms with E-state index in [9.17, 15) is 0 Å². The summed E-state index contributed by atoms with van der Waals surface area (Å²) < 4.78 is 15.5. The number of fused-ring (bicyclic) bond motifs is 4. The van der Waals surface area contributed by atoms with Gasteiger partial charge in [-0.15, -0.1) is 0 Å². The van der Waals surface area contributed by atoms with Gasteiger partial charge >= 0.3 is 0 Å². The summed E-state index contributed by atoms with van der Waals surface area (Å²) >= 11 is 0. The zero-order valence-electron chi connectivity index (χ0n) is 31.4. The summed E-state index contributed by atoms with van der Waals surface area (Å²) in [4.78, 5) is 7.66. The van der Waals surface area contributed by atoms with Gasteiger partial charge in [-0.2, -0.15) is 0 Å². The minimum atomic E-state index is -0.158. The molecule has 8 rings (SSSR count). The molecule has 3 aliphatic carbocycles. The van der Waals surface area contributed by atoms with Gasteiger partial charge in [0.05, 0.1) is 29.5 Å². The highest BCUT2D eigenvalue weighted by Crippen LogP contribution is 2.53. The van der Waals surface area contributed by atoms with E-state index in [2.05, 4.69) is 78.6 Å². The van der Waals surface area contributed by atoms with Crippen LogP contribution in [-0.2, 0) is 19.4 Å². The van der Waals surface area contributed by atoms with Gasteiger partial charge in [-0.3, -0.25) is 0 Å². The second-order valence-corrected chi connectivity index (χ2v) is 16.1. The fourth-order valence-corrected chi connectivity index (χ4v) is 10.00. The first-order valence-electron chi connectivity index (χ1n) is 19.8. The van der Waals surface area contributed by atoms with Crippen LogP contribution in [0.4, 0.5) is 4.39 Å². The van der Waals surface area contributed by atoms with Gasteiger partial charge in [0.2, 0.25) is 0 Å². The highest BCUT2D eigenvalue weighted by atomic mass is 19.1. The van der Waals surface area contributed by atoms with Crippen LogP contribution in [0.1, 0.15) is 117 Å². The molecule has 2 atom stereocenters. The lowest BCUT2D eigenvalue weighted by atomic mass is 9.64. The summed E-state index contributed by atoms with van der Waals surface area (Å²) in [5.41, 5.74) is 16.3. The van der Waals surface area contributed by atoms with E-state index < -0.39 is 0 Å². The highest BCUT2D eigenvalue weighted by Gasteiger charge is 2.43. The van der Waals surface area contributed by atoms with Crippen LogP contribution >= 0.6 is 0 Å². The van der Waals surface area contributed by atoms with E-state index >= 15 is 4.39 Å². The molecule has 52 heavy (non-hydrogen) atoms. The van der Waals surface area contributed by atoms with Crippen molar-refractivity contribution in [2.45, 2.75) is 110 Å². The molecule has 0 saturated heterocycles. The molecule has 5 aliphatic rings. The molecular weight excluding hydrogens is 640 g/mol. The molecule has 5 heteroatoms. The largest absolute Gasteiger partial charge is 0.389 e. The van der Waals surface area contributed by atoms with E-state index in [1.807, 2.05) is 6.92 Å². The van der Waals surface area contributed by atoms with Crippen molar-refractivity contribution >= 4 is 16.6 Å². The number of aromatic nitrogens is 1. The number of nitrogens with zero attached hydrogens (tertiary/aromatic N) is 2. The van der Waals surface area contributed by atoms with E-state index in [-0.39, 0.29) is 17.3 Å². The number of pyridine rings is 1. The van der Waals surface area contributed by atoms with Crippen molar-refractivity contribution in [1.29, 1.82) is 0 Å². The van der Waals surface area contributed by atoms with Crippen LogP contribution in [0, 0.1) is 24.1 Å². The standard InChI is InChI=1S/C47H55FN4/c1-7-35-29(2)18-19-37-32(5)52-28-39-45-41(21-20-36-31(4)40(48)27-42(44(36)45)51-46(39)43(52)26-38(35)37)50-33(6)47(22-12-23-47)24-13-25-49-30(3)14-11-17-34-15-9-8-10-16-34/h8-10,15-16,26-27,35,41,49-50H,2-3,5-7,11-14,17-25,28H2,1,4H3. The van der Waals surface area contributed by atoms with Crippen molar-refractivity contribution in [3.8, 4) is 0 Å². The molecule has 2 aliphatic heterocycles. The van der Waals surface area contributed by atoms with E-state index in [1.165, 1.54) is 58.4 Å². The minimum Gasteiger partial charge on any atom is -0.389 e. The number of halogens is 1. The Labute approximate surface area is 310 Å². The molecule has 1 saturated carbocycles. The topological polar surface area (TPSA) is 40.2 Å². The van der Waals surface area contributed by atoms with Gasteiger partial charge < -0.3 is 15.5 Å². The maximum Gasteiger partial charge on any atom is 0.128 e. The van der Waals surface area contributed by atoms with Gasteiger partial charge in [-0.05, 0) is 123 Å². The van der Waals surface area contributed by atoms with Crippen molar-refractivity contribution in [3.63, 3.8) is 0 Å². The molecular formula is C47H55FN4. The lowest BCUT2D eigenvalue weighted by Crippen LogP contribution is -2.40. The molecule has 1 aromatic heterocycles. The van der Waals surface area contributed by atoms with Crippen LogP contribution in [0.3, 0.4) is 0 Å². The number of aryl methyl sites for hydroxylation is 2. The first-order valence-corrected chi connectivity index (χ1v) is 19.8. The number of allylic oxidation sites excluding steroid dienone is 6. The van der Waals surface area contributed by atoms with Crippen LogP contribution in [0.15, 0.2) is 103 Å². The number of benzene rings is 2. The molecule has 0 amide bonds. The molecule has 0 spiro atoms. The van der Waals surface area contributed by atoms with Crippen molar-refractivity contribution in [2.24, 2.45) is 11.3 Å². The summed E-state index contributed by atoms with van der Waals surface area (Å²) in [5.74, 6) is 0.183. The molecule has 3 heterocycles. The van der Waals surface area contributed by atoms with E-state index in [1.54, 1.807) is 6.07 Å². The quantitative estimate of drug-likeness (QED) is 0.138. The third-order valence-electron chi connectivity index (χ3n) is 13.2. The molecule has 1 fully saturated rings. The van der Waals surface area contributed by atoms with Gasteiger partial charge in [-0.25, -0.2) is 9.37 Å². The predicted molar refractivity (Wildman–Crippen MR) is 214 cm³/mol. The zero-order valence-corrected chi connectivity index (χ0v) is 31.4. The van der Waals surface area contributed by atoms with Gasteiger partial charge in [0.15, 0.2) is 0 Å². The number of rotatable bonds is 13. The molecule has 270 valence electrons. The van der Waals surface area contributed by atoms with Crippen LogP contribution in [0.5, 0.6) is 0 Å². The summed E-state index contributed by atoms with van der Waals surface area (Å²) in [5, 5.41) is 8.82. The summed E-state index contributed by atoms with van der Waals surface area (Å²) in [7, 11) is 0. The van der Waals surface area contributed by atoms with Crippen LogP contribution in [0.25, 0.3) is 16.6 Å². The lowest BCUT2D eigenvalue weighted by molar-refractivity contribution is 0.151.